The van der Waals surface area contributed by atoms with Crippen LogP contribution in [0.1, 0.15) is 44.6 Å². The molecule has 1 saturated carbocycles. The van der Waals surface area contributed by atoms with Crippen molar-refractivity contribution in [3.8, 4) is 11.1 Å². The molecule has 2 atom stereocenters. The van der Waals surface area contributed by atoms with Crippen molar-refractivity contribution in [3.63, 3.8) is 0 Å². The first-order valence-electron chi connectivity index (χ1n) is 12.2. The van der Waals surface area contributed by atoms with E-state index in [0.29, 0.717) is 5.92 Å². The minimum atomic E-state index is -4.17. The molecule has 0 aromatic heterocycles. The Morgan fingerprint density at radius 1 is 1.11 bits per heavy atom. The van der Waals surface area contributed by atoms with Gasteiger partial charge in [0.1, 0.15) is 11.7 Å². The highest BCUT2D eigenvalue weighted by atomic mass is 32.2. The zero-order valence-electron chi connectivity index (χ0n) is 20.6. The zero-order valence-corrected chi connectivity index (χ0v) is 22.3. The summed E-state index contributed by atoms with van der Waals surface area (Å²) >= 11 is 4.62. The van der Waals surface area contributed by atoms with Gasteiger partial charge in [-0.2, -0.15) is 12.6 Å². The highest BCUT2D eigenvalue weighted by Gasteiger charge is 2.28. The first-order chi connectivity index (χ1) is 17.5. The largest absolute Gasteiger partial charge is 0.369 e. The summed E-state index contributed by atoms with van der Waals surface area (Å²) < 4.78 is 42.1. The molecule has 37 heavy (non-hydrogen) atoms. The van der Waals surface area contributed by atoms with Crippen LogP contribution < -0.4 is 15.8 Å². The quantitative estimate of drug-likeness (QED) is 0.267. The molecule has 200 valence electrons. The number of hydrogen-bond acceptors (Lipinski definition) is 6. The lowest BCUT2D eigenvalue weighted by atomic mass is 9.86. The Morgan fingerprint density at radius 2 is 1.78 bits per heavy atom. The molecule has 1 fully saturated rings. The molecule has 3 amide bonds. The molecule has 4 N–H and O–H groups in total. The summed E-state index contributed by atoms with van der Waals surface area (Å²) in [7, 11) is -4.17. The molecule has 1 aliphatic rings. The number of nitrogens with one attached hydrogen (secondary N) is 2. The number of amides is 3. The van der Waals surface area contributed by atoms with Gasteiger partial charge in [0.05, 0.1) is 4.90 Å². The second-order valence-corrected chi connectivity index (χ2v) is 11.6. The highest BCUT2D eigenvalue weighted by molar-refractivity contribution is 7.90. The van der Waals surface area contributed by atoms with Crippen LogP contribution in [-0.2, 0) is 30.8 Å². The second-order valence-electron chi connectivity index (χ2n) is 9.33. The van der Waals surface area contributed by atoms with E-state index in [-0.39, 0.29) is 39.8 Å². The van der Waals surface area contributed by atoms with Gasteiger partial charge < -0.3 is 11.1 Å². The first-order valence-corrected chi connectivity index (χ1v) is 14.2. The van der Waals surface area contributed by atoms with E-state index in [4.69, 9.17) is 5.73 Å². The molecule has 11 heteroatoms. The van der Waals surface area contributed by atoms with Gasteiger partial charge in [0, 0.05) is 24.3 Å². The zero-order chi connectivity index (χ0) is 27.2. The van der Waals surface area contributed by atoms with Gasteiger partial charge in [-0.25, -0.2) is 17.5 Å². The van der Waals surface area contributed by atoms with E-state index >= 15 is 4.39 Å². The molecule has 2 aromatic rings. The number of hydrogen-bond donors (Lipinski definition) is 4. The molecule has 2 aromatic carbocycles. The molecule has 0 aliphatic heterocycles. The van der Waals surface area contributed by atoms with E-state index in [1.165, 1.54) is 36.8 Å². The van der Waals surface area contributed by atoms with E-state index in [1.807, 2.05) is 4.72 Å². The van der Waals surface area contributed by atoms with Crippen LogP contribution >= 0.6 is 12.6 Å². The van der Waals surface area contributed by atoms with Crippen LogP contribution in [0.4, 0.5) is 4.39 Å². The summed E-state index contributed by atoms with van der Waals surface area (Å²) in [6.45, 7) is 1.36. The van der Waals surface area contributed by atoms with Gasteiger partial charge in [-0.3, -0.25) is 14.4 Å². The van der Waals surface area contributed by atoms with Crippen LogP contribution in [0, 0.1) is 17.7 Å². The van der Waals surface area contributed by atoms with Crippen LogP contribution in [0.25, 0.3) is 11.1 Å². The molecule has 0 heterocycles. The van der Waals surface area contributed by atoms with Crippen LogP contribution in [-0.4, -0.2) is 37.9 Å². The fourth-order valence-electron chi connectivity index (χ4n) is 4.62. The summed E-state index contributed by atoms with van der Waals surface area (Å²) in [6, 6.07) is 9.87. The smallest absolute Gasteiger partial charge is 0.264 e. The maximum atomic E-state index is 15.1. The van der Waals surface area contributed by atoms with Crippen LogP contribution in [0.3, 0.4) is 0 Å². The Balaban J connectivity index is 1.76. The predicted molar refractivity (Wildman–Crippen MR) is 142 cm³/mol. The van der Waals surface area contributed by atoms with Gasteiger partial charge in [0.15, 0.2) is 0 Å². The number of primary amides is 1. The van der Waals surface area contributed by atoms with E-state index in [0.717, 1.165) is 38.7 Å². The van der Waals surface area contributed by atoms with Crippen LogP contribution in [0.2, 0.25) is 0 Å². The fourth-order valence-corrected chi connectivity index (χ4v) is 6.23. The Morgan fingerprint density at radius 3 is 2.41 bits per heavy atom. The van der Waals surface area contributed by atoms with Gasteiger partial charge >= 0.3 is 0 Å². The van der Waals surface area contributed by atoms with E-state index in [9.17, 15) is 22.8 Å². The average molecular weight is 550 g/mol. The van der Waals surface area contributed by atoms with Crippen molar-refractivity contribution in [1.29, 1.82) is 0 Å². The van der Waals surface area contributed by atoms with Gasteiger partial charge in [-0.15, -0.1) is 0 Å². The number of carbonyl (C=O) groups excluding carboxylic acids is 3. The number of thiol groups is 1. The van der Waals surface area contributed by atoms with Crippen molar-refractivity contribution in [2.45, 2.75) is 55.6 Å². The van der Waals surface area contributed by atoms with Gasteiger partial charge in [-0.05, 0) is 48.4 Å². The van der Waals surface area contributed by atoms with Crippen molar-refractivity contribution < 1.29 is 27.2 Å². The maximum absolute atomic E-state index is 15.1. The Kier molecular flexibility index (Phi) is 9.72. The van der Waals surface area contributed by atoms with E-state index in [1.54, 1.807) is 6.07 Å². The predicted octanol–water partition coefficient (Wildman–Crippen LogP) is 2.96. The summed E-state index contributed by atoms with van der Waals surface area (Å²) in [4.78, 5) is 35.9. The van der Waals surface area contributed by atoms with Crippen LogP contribution in [0.15, 0.2) is 47.4 Å². The second kappa shape index (κ2) is 12.6. The minimum absolute atomic E-state index is 0.0392. The molecule has 1 unspecified atom stereocenters. The third kappa shape index (κ3) is 7.54. The van der Waals surface area contributed by atoms with E-state index < -0.39 is 39.5 Å². The number of rotatable bonds is 10. The lowest BCUT2D eigenvalue weighted by Gasteiger charge is -2.27. The molecule has 0 spiro atoms. The topological polar surface area (TPSA) is 135 Å². The van der Waals surface area contributed by atoms with Crippen molar-refractivity contribution in [3.05, 3.63) is 53.8 Å². The summed E-state index contributed by atoms with van der Waals surface area (Å²) in [5.41, 5.74) is 5.99. The molecule has 1 aliphatic carbocycles. The fraction of sp³-hybridized carbons (Fsp3) is 0.423. The van der Waals surface area contributed by atoms with Crippen molar-refractivity contribution in [1.82, 2.24) is 10.0 Å². The number of halogens is 1. The molecular weight excluding hydrogens is 517 g/mol. The van der Waals surface area contributed by atoms with Crippen molar-refractivity contribution in [2.75, 3.05) is 6.54 Å². The Labute approximate surface area is 222 Å². The molecule has 0 radical (unpaired) electrons. The normalized spacial score (nSPS) is 16.0. The van der Waals surface area contributed by atoms with Crippen molar-refractivity contribution in [2.24, 2.45) is 17.6 Å². The Bertz CT molecular complexity index is 1260. The molecule has 3 rings (SSSR count). The first kappa shape index (κ1) is 28.6. The monoisotopic (exact) mass is 549 g/mol. The van der Waals surface area contributed by atoms with Gasteiger partial charge in [0.25, 0.3) is 10.0 Å². The molecular formula is C26H32FN3O5S2. The minimum Gasteiger partial charge on any atom is -0.369 e. The van der Waals surface area contributed by atoms with E-state index in [2.05, 4.69) is 17.9 Å². The average Bonchev–Trinajstić information content (AvgIpc) is 2.86. The number of benzene rings is 2. The third-order valence-corrected chi connectivity index (χ3v) is 8.68. The van der Waals surface area contributed by atoms with Crippen molar-refractivity contribution >= 4 is 40.4 Å². The highest BCUT2D eigenvalue weighted by Crippen LogP contribution is 2.30. The SMILES string of the molecule is CC(=O)NS(=O)(=O)c1ccccc1-c1ccc(CC(C(N)=O)C(=O)NC[C@@H](S)C2CCCCC2)c(F)c1. The number of nitrogens with two attached hydrogens (primary N) is 1. The maximum Gasteiger partial charge on any atom is 0.264 e. The summed E-state index contributed by atoms with van der Waals surface area (Å²) in [5.74, 6) is -3.82. The van der Waals surface area contributed by atoms with Gasteiger partial charge in [0.2, 0.25) is 17.7 Å². The molecule has 8 nitrogen and oxygen atoms in total. The summed E-state index contributed by atoms with van der Waals surface area (Å²) in [6.07, 6.45) is 5.33. The lowest BCUT2D eigenvalue weighted by molar-refractivity contribution is -0.133. The molecule has 0 saturated heterocycles. The Hall–Kier alpha value is -2.92. The van der Waals surface area contributed by atoms with Crippen LogP contribution in [0.5, 0.6) is 0 Å². The molecule has 0 bridgehead atoms. The van der Waals surface area contributed by atoms with Gasteiger partial charge in [-0.1, -0.05) is 49.6 Å². The third-order valence-electron chi connectivity index (χ3n) is 6.58. The number of carbonyl (C=O) groups is 3. The summed E-state index contributed by atoms with van der Waals surface area (Å²) in [5, 5.41) is 2.70. The number of sulfonamides is 1. The standard InChI is InChI=1S/C26H32FN3O5S2/c1-16(31)30-37(34,35)24-10-6-5-9-20(24)18-11-12-19(22(27)14-18)13-21(25(28)32)26(33)29-15-23(36)17-7-3-2-4-8-17/h5-6,9-12,14,17,21,23,36H,2-4,7-8,13,15H2,1H3,(H2,28,32)(H,29,33)(H,30,31)/t21?,23-/m1/s1. The lowest BCUT2D eigenvalue weighted by Crippen LogP contribution is -2.43.